The Labute approximate surface area is 159 Å². The van der Waals surface area contributed by atoms with Crippen molar-refractivity contribution in [3.05, 3.63) is 65.6 Å². The molecule has 27 heavy (non-hydrogen) atoms. The van der Waals surface area contributed by atoms with E-state index in [-0.39, 0.29) is 16.6 Å². The normalized spacial score (nSPS) is 19.7. The standard InChI is InChI=1S/C21H23FN2O2S/c1-14-4-7-17(8-5-14)27(25,26)24-13-20(18-10-15(18)12-23(2)3)19-11-16(22)6-9-21(19)24/h4-9,11,13,15,18H,10,12H2,1-3H3. The minimum Gasteiger partial charge on any atom is -0.309 e. The van der Waals surface area contributed by atoms with Gasteiger partial charge in [-0.15, -0.1) is 0 Å². The van der Waals surface area contributed by atoms with E-state index in [9.17, 15) is 12.8 Å². The minimum atomic E-state index is -3.74. The molecule has 2 aromatic carbocycles. The summed E-state index contributed by atoms with van der Waals surface area (Å²) in [5.41, 5.74) is 2.45. The third-order valence-electron chi connectivity index (χ3n) is 5.26. The van der Waals surface area contributed by atoms with Crippen LogP contribution in [-0.4, -0.2) is 37.9 Å². The van der Waals surface area contributed by atoms with Crippen molar-refractivity contribution in [1.29, 1.82) is 0 Å². The summed E-state index contributed by atoms with van der Waals surface area (Å²) in [6.45, 7) is 2.86. The van der Waals surface area contributed by atoms with Crippen LogP contribution in [-0.2, 0) is 10.0 Å². The van der Waals surface area contributed by atoms with E-state index in [1.807, 2.05) is 21.0 Å². The molecule has 0 radical (unpaired) electrons. The molecule has 1 aliphatic rings. The predicted molar refractivity (Wildman–Crippen MR) is 105 cm³/mol. The Kier molecular flexibility index (Phi) is 4.35. The first kappa shape index (κ1) is 18.2. The molecule has 0 amide bonds. The molecule has 3 aromatic rings. The van der Waals surface area contributed by atoms with Crippen molar-refractivity contribution in [2.75, 3.05) is 20.6 Å². The molecule has 142 valence electrons. The van der Waals surface area contributed by atoms with Gasteiger partial charge >= 0.3 is 0 Å². The highest BCUT2D eigenvalue weighted by atomic mass is 32.2. The molecular weight excluding hydrogens is 363 g/mol. The summed E-state index contributed by atoms with van der Waals surface area (Å²) < 4.78 is 41.7. The van der Waals surface area contributed by atoms with Crippen molar-refractivity contribution in [2.45, 2.75) is 24.2 Å². The third-order valence-corrected chi connectivity index (χ3v) is 6.95. The van der Waals surface area contributed by atoms with Gasteiger partial charge in [0.2, 0.25) is 0 Å². The second kappa shape index (κ2) is 6.46. The number of fused-ring (bicyclic) bond motifs is 1. The van der Waals surface area contributed by atoms with Crippen LogP contribution in [0, 0.1) is 18.7 Å². The van der Waals surface area contributed by atoms with Gasteiger partial charge in [-0.3, -0.25) is 0 Å². The van der Waals surface area contributed by atoms with E-state index < -0.39 is 10.0 Å². The van der Waals surface area contributed by atoms with Gasteiger partial charge in [-0.1, -0.05) is 17.7 Å². The van der Waals surface area contributed by atoms with Crippen LogP contribution in [0.5, 0.6) is 0 Å². The monoisotopic (exact) mass is 386 g/mol. The molecule has 6 heteroatoms. The Hall–Kier alpha value is -2.18. The van der Waals surface area contributed by atoms with Crippen LogP contribution in [0.15, 0.2) is 53.6 Å². The van der Waals surface area contributed by atoms with Crippen LogP contribution >= 0.6 is 0 Å². The topological polar surface area (TPSA) is 42.3 Å². The van der Waals surface area contributed by atoms with E-state index in [0.29, 0.717) is 16.8 Å². The van der Waals surface area contributed by atoms with Gasteiger partial charge in [-0.05, 0) is 75.2 Å². The summed E-state index contributed by atoms with van der Waals surface area (Å²) in [5, 5.41) is 0.692. The summed E-state index contributed by atoms with van der Waals surface area (Å²) in [6.07, 6.45) is 2.69. The number of hydrogen-bond acceptors (Lipinski definition) is 3. The third kappa shape index (κ3) is 3.28. The van der Waals surface area contributed by atoms with E-state index in [1.165, 1.54) is 16.1 Å². The number of hydrogen-bond donors (Lipinski definition) is 0. The fourth-order valence-corrected chi connectivity index (χ4v) is 5.19. The molecule has 4 rings (SSSR count). The Morgan fingerprint density at radius 2 is 1.85 bits per heavy atom. The van der Waals surface area contributed by atoms with Crippen LogP contribution in [0.2, 0.25) is 0 Å². The lowest BCUT2D eigenvalue weighted by atomic mass is 10.1. The number of benzene rings is 2. The minimum absolute atomic E-state index is 0.238. The van der Waals surface area contributed by atoms with Crippen molar-refractivity contribution in [3.8, 4) is 0 Å². The van der Waals surface area contributed by atoms with Crippen LogP contribution in [0.4, 0.5) is 4.39 Å². The second-order valence-corrected chi connectivity index (χ2v) is 9.54. The zero-order valence-corrected chi connectivity index (χ0v) is 16.5. The fraction of sp³-hybridized carbons (Fsp3) is 0.333. The summed E-state index contributed by atoms with van der Waals surface area (Å²) >= 11 is 0. The zero-order chi connectivity index (χ0) is 19.3. The molecule has 1 heterocycles. The van der Waals surface area contributed by atoms with Crippen LogP contribution in [0.3, 0.4) is 0 Å². The summed E-state index contributed by atoms with van der Waals surface area (Å²) in [6, 6.07) is 11.1. The molecule has 0 spiro atoms. The summed E-state index contributed by atoms with van der Waals surface area (Å²) in [4.78, 5) is 2.37. The highest BCUT2D eigenvalue weighted by molar-refractivity contribution is 7.90. The first-order chi connectivity index (χ1) is 12.8. The van der Waals surface area contributed by atoms with Gasteiger partial charge in [0.25, 0.3) is 10.0 Å². The lowest BCUT2D eigenvalue weighted by Gasteiger charge is -2.08. The van der Waals surface area contributed by atoms with Crippen molar-refractivity contribution in [3.63, 3.8) is 0 Å². The Morgan fingerprint density at radius 1 is 1.15 bits per heavy atom. The molecular formula is C21H23FN2O2S. The first-order valence-corrected chi connectivity index (χ1v) is 10.5. The average Bonchev–Trinajstić information content (AvgIpc) is 3.24. The first-order valence-electron chi connectivity index (χ1n) is 9.05. The highest BCUT2D eigenvalue weighted by Crippen LogP contribution is 2.50. The van der Waals surface area contributed by atoms with E-state index >= 15 is 0 Å². The van der Waals surface area contributed by atoms with Gasteiger partial charge in [-0.25, -0.2) is 16.8 Å². The Bertz CT molecular complexity index is 1100. The SMILES string of the molecule is Cc1ccc(S(=O)(=O)n2cc(C3CC3CN(C)C)c3cc(F)ccc32)cc1. The smallest absolute Gasteiger partial charge is 0.268 e. The van der Waals surface area contributed by atoms with Gasteiger partial charge in [0.05, 0.1) is 10.4 Å². The van der Waals surface area contributed by atoms with Crippen molar-refractivity contribution in [1.82, 2.24) is 8.87 Å². The summed E-state index contributed by atoms with van der Waals surface area (Å²) in [5.74, 6) is 0.398. The van der Waals surface area contributed by atoms with Crippen LogP contribution in [0.1, 0.15) is 23.5 Å². The molecule has 2 unspecified atom stereocenters. The van der Waals surface area contributed by atoms with E-state index in [1.54, 1.807) is 36.5 Å². The number of rotatable bonds is 5. The van der Waals surface area contributed by atoms with Gasteiger partial charge in [-0.2, -0.15) is 0 Å². The van der Waals surface area contributed by atoms with Gasteiger partial charge in [0.1, 0.15) is 5.82 Å². The van der Waals surface area contributed by atoms with Gasteiger partial charge < -0.3 is 4.90 Å². The fourth-order valence-electron chi connectivity index (χ4n) is 3.81. The van der Waals surface area contributed by atoms with Gasteiger partial charge in [0.15, 0.2) is 0 Å². The molecule has 2 atom stereocenters. The number of nitrogens with zero attached hydrogens (tertiary/aromatic N) is 2. The lowest BCUT2D eigenvalue weighted by Crippen LogP contribution is -2.15. The van der Waals surface area contributed by atoms with Crippen LogP contribution < -0.4 is 0 Å². The molecule has 0 saturated heterocycles. The predicted octanol–water partition coefficient (Wildman–Crippen LogP) is 3.99. The molecule has 0 aliphatic heterocycles. The summed E-state index contributed by atoms with van der Waals surface area (Å²) in [7, 11) is 0.319. The average molecular weight is 386 g/mol. The molecule has 1 aliphatic carbocycles. The zero-order valence-electron chi connectivity index (χ0n) is 15.7. The lowest BCUT2D eigenvalue weighted by molar-refractivity contribution is 0.385. The van der Waals surface area contributed by atoms with Crippen LogP contribution in [0.25, 0.3) is 10.9 Å². The van der Waals surface area contributed by atoms with Crippen molar-refractivity contribution in [2.24, 2.45) is 5.92 Å². The molecule has 1 saturated carbocycles. The molecule has 1 fully saturated rings. The largest absolute Gasteiger partial charge is 0.309 e. The molecule has 4 nitrogen and oxygen atoms in total. The molecule has 0 bridgehead atoms. The maximum Gasteiger partial charge on any atom is 0.268 e. The second-order valence-electron chi connectivity index (χ2n) is 7.72. The number of aryl methyl sites for hydroxylation is 1. The maximum atomic E-state index is 13.9. The number of aromatic nitrogens is 1. The molecule has 1 aromatic heterocycles. The molecule has 0 N–H and O–H groups in total. The Balaban J connectivity index is 1.83. The van der Waals surface area contributed by atoms with Crippen molar-refractivity contribution < 1.29 is 12.8 Å². The van der Waals surface area contributed by atoms with Crippen molar-refractivity contribution >= 4 is 20.9 Å². The number of halogens is 1. The van der Waals surface area contributed by atoms with E-state index in [2.05, 4.69) is 4.90 Å². The quantitative estimate of drug-likeness (QED) is 0.666. The van der Waals surface area contributed by atoms with E-state index in [0.717, 1.165) is 24.1 Å². The maximum absolute atomic E-state index is 13.9. The highest BCUT2D eigenvalue weighted by Gasteiger charge is 2.40. The van der Waals surface area contributed by atoms with E-state index in [4.69, 9.17) is 0 Å². The Morgan fingerprint density at radius 3 is 2.52 bits per heavy atom. The van der Waals surface area contributed by atoms with Gasteiger partial charge in [0, 0.05) is 18.1 Å².